The molecule has 2 aliphatic heterocycles. The Hall–Kier alpha value is -3.22. The number of nitrogens with one attached hydrogen (secondary N) is 1. The number of rotatable bonds is 7. The first kappa shape index (κ1) is 25.4. The fraction of sp³-hybridized carbons (Fsp3) is 0.462. The lowest BCUT2D eigenvalue weighted by atomic mass is 9.95. The van der Waals surface area contributed by atoms with Crippen molar-refractivity contribution >= 4 is 16.9 Å². The summed E-state index contributed by atoms with van der Waals surface area (Å²) < 4.78 is 21.5. The van der Waals surface area contributed by atoms with Gasteiger partial charge >= 0.3 is 5.97 Å². The molecule has 0 amide bonds. The van der Waals surface area contributed by atoms with Crippen LogP contribution in [0.15, 0.2) is 30.3 Å². The van der Waals surface area contributed by atoms with Crippen molar-refractivity contribution in [1.29, 1.82) is 0 Å². The molecule has 198 valence electrons. The number of aliphatic hydroxyl groups is 4. The van der Waals surface area contributed by atoms with Crippen molar-refractivity contribution in [3.8, 4) is 11.5 Å². The van der Waals surface area contributed by atoms with Gasteiger partial charge in [0.2, 0.25) is 6.29 Å². The van der Waals surface area contributed by atoms with Gasteiger partial charge in [-0.3, -0.25) is 9.89 Å². The quantitative estimate of drug-likeness (QED) is 0.224. The van der Waals surface area contributed by atoms with Gasteiger partial charge in [0.1, 0.15) is 30.3 Å². The minimum Gasteiger partial charge on any atom is -0.493 e. The second kappa shape index (κ2) is 9.92. The second-order valence-electron chi connectivity index (χ2n) is 9.52. The molecule has 0 bridgehead atoms. The van der Waals surface area contributed by atoms with Crippen molar-refractivity contribution in [2.45, 2.75) is 63.5 Å². The number of esters is 1. The molecular formula is C26H30N2O9. The van der Waals surface area contributed by atoms with Crippen LogP contribution in [0.4, 0.5) is 0 Å². The highest BCUT2D eigenvalue weighted by Gasteiger charge is 2.57. The average Bonchev–Trinajstić information content (AvgIpc) is 3.49. The number of hydrogen-bond acceptors (Lipinski definition) is 10. The molecule has 11 heteroatoms. The molecule has 0 unspecified atom stereocenters. The number of aryl methyl sites for hydroxylation is 3. The SMILES string of the molecule is CC(=O)OC[C@H]1O[C@H](O)[C@@](O)(Oc2cc(C)cc3[nH]nc(CCc4ccc5c(c4)CCO5)c23)[C@@H](O)[C@@H]1O. The molecule has 1 fully saturated rings. The lowest BCUT2D eigenvalue weighted by Gasteiger charge is -2.45. The highest BCUT2D eigenvalue weighted by molar-refractivity contribution is 5.88. The summed E-state index contributed by atoms with van der Waals surface area (Å²) in [5.41, 5.74) is 4.39. The summed E-state index contributed by atoms with van der Waals surface area (Å²) in [4.78, 5) is 11.1. The van der Waals surface area contributed by atoms with Crippen LogP contribution < -0.4 is 9.47 Å². The zero-order valence-electron chi connectivity index (χ0n) is 20.5. The molecule has 5 N–H and O–H groups in total. The van der Waals surface area contributed by atoms with Gasteiger partial charge in [-0.05, 0) is 54.7 Å². The van der Waals surface area contributed by atoms with Crippen LogP contribution in [0.5, 0.6) is 11.5 Å². The van der Waals surface area contributed by atoms with Gasteiger partial charge in [-0.1, -0.05) is 12.1 Å². The summed E-state index contributed by atoms with van der Waals surface area (Å²) in [5.74, 6) is -2.27. The number of carbonyl (C=O) groups is 1. The predicted octanol–water partition coefficient (Wildman–Crippen LogP) is 0.661. The average molecular weight is 515 g/mol. The van der Waals surface area contributed by atoms with Crippen molar-refractivity contribution in [2.75, 3.05) is 13.2 Å². The third-order valence-electron chi connectivity index (χ3n) is 6.76. The predicted molar refractivity (Wildman–Crippen MR) is 129 cm³/mol. The molecule has 5 atom stereocenters. The van der Waals surface area contributed by atoms with Gasteiger partial charge < -0.3 is 39.4 Å². The van der Waals surface area contributed by atoms with E-state index in [0.29, 0.717) is 36.0 Å². The first-order chi connectivity index (χ1) is 17.7. The van der Waals surface area contributed by atoms with Gasteiger partial charge in [-0.2, -0.15) is 5.10 Å². The van der Waals surface area contributed by atoms with E-state index in [9.17, 15) is 25.2 Å². The van der Waals surface area contributed by atoms with Crippen molar-refractivity contribution in [1.82, 2.24) is 10.2 Å². The van der Waals surface area contributed by atoms with Gasteiger partial charge in [-0.25, -0.2) is 0 Å². The molecule has 0 aliphatic carbocycles. The maximum atomic E-state index is 11.1. The number of ether oxygens (including phenoxy) is 4. The van der Waals surface area contributed by atoms with E-state index in [1.807, 2.05) is 25.1 Å². The van der Waals surface area contributed by atoms with Crippen molar-refractivity contribution < 1.29 is 44.2 Å². The van der Waals surface area contributed by atoms with Crippen LogP contribution in [0.2, 0.25) is 0 Å². The molecule has 0 spiro atoms. The molecule has 2 aromatic carbocycles. The fourth-order valence-corrected chi connectivity index (χ4v) is 4.80. The minimum absolute atomic E-state index is 0.149. The summed E-state index contributed by atoms with van der Waals surface area (Å²) in [6, 6.07) is 9.62. The standard InChI is InChI=1S/C26H30N2O9/c1-13-9-18-22(17(27-28-18)5-3-15-4-6-19-16(11-15)7-8-34-19)20(10-13)37-26(33)24(31)23(30)21(36-25(26)32)12-35-14(2)29/h4,6,9-11,21,23-25,30-33H,3,5,7-8,12H2,1-2H3,(H,27,28)/t21-,23-,24+,25+,26+/m1/s1. The van der Waals surface area contributed by atoms with E-state index in [2.05, 4.69) is 16.3 Å². The van der Waals surface area contributed by atoms with E-state index >= 15 is 0 Å². The number of aromatic nitrogens is 2. The minimum atomic E-state index is -2.71. The molecular weight excluding hydrogens is 484 g/mol. The Labute approximate surface area is 212 Å². The number of hydrogen-bond donors (Lipinski definition) is 5. The molecule has 0 radical (unpaired) electrons. The Bertz CT molecular complexity index is 1310. The second-order valence-corrected chi connectivity index (χ2v) is 9.52. The summed E-state index contributed by atoms with van der Waals surface area (Å²) in [6.07, 6.45) is -4.88. The first-order valence-electron chi connectivity index (χ1n) is 12.1. The molecule has 5 rings (SSSR count). The maximum absolute atomic E-state index is 11.1. The Morgan fingerprint density at radius 3 is 2.81 bits per heavy atom. The number of aliphatic hydroxyl groups excluding tert-OH is 3. The van der Waals surface area contributed by atoms with Gasteiger partial charge in [-0.15, -0.1) is 0 Å². The van der Waals surface area contributed by atoms with Crippen LogP contribution in [0, 0.1) is 6.92 Å². The van der Waals surface area contributed by atoms with Crippen LogP contribution in [0.3, 0.4) is 0 Å². The Balaban J connectivity index is 1.40. The summed E-state index contributed by atoms with van der Waals surface area (Å²) >= 11 is 0. The Morgan fingerprint density at radius 2 is 2.03 bits per heavy atom. The zero-order valence-corrected chi connectivity index (χ0v) is 20.5. The van der Waals surface area contributed by atoms with E-state index in [1.165, 1.54) is 12.5 Å². The Morgan fingerprint density at radius 1 is 1.22 bits per heavy atom. The number of aromatic amines is 1. The van der Waals surface area contributed by atoms with E-state index in [1.54, 1.807) is 6.07 Å². The van der Waals surface area contributed by atoms with Gasteiger partial charge in [0.05, 0.1) is 23.2 Å². The number of nitrogens with zero attached hydrogens (tertiary/aromatic N) is 1. The third-order valence-corrected chi connectivity index (χ3v) is 6.76. The van der Waals surface area contributed by atoms with Crippen LogP contribution in [-0.2, 0) is 33.5 Å². The smallest absolute Gasteiger partial charge is 0.302 e. The maximum Gasteiger partial charge on any atom is 0.302 e. The summed E-state index contributed by atoms with van der Waals surface area (Å²) in [5, 5.41) is 50.9. The third kappa shape index (κ3) is 4.88. The van der Waals surface area contributed by atoms with E-state index in [4.69, 9.17) is 18.9 Å². The highest BCUT2D eigenvalue weighted by Crippen LogP contribution is 2.37. The van der Waals surface area contributed by atoms with Crippen LogP contribution in [0.25, 0.3) is 10.9 Å². The lowest BCUT2D eigenvalue weighted by Crippen LogP contribution is -2.69. The summed E-state index contributed by atoms with van der Waals surface area (Å²) in [6.45, 7) is 3.26. The van der Waals surface area contributed by atoms with Crippen molar-refractivity contribution in [3.63, 3.8) is 0 Å². The Kier molecular flexibility index (Phi) is 6.82. The fourth-order valence-electron chi connectivity index (χ4n) is 4.80. The first-order valence-corrected chi connectivity index (χ1v) is 12.1. The number of H-pyrrole nitrogens is 1. The van der Waals surface area contributed by atoms with Gasteiger partial charge in [0.15, 0.2) is 6.10 Å². The summed E-state index contributed by atoms with van der Waals surface area (Å²) in [7, 11) is 0. The number of benzene rings is 2. The van der Waals surface area contributed by atoms with E-state index in [0.717, 1.165) is 23.3 Å². The molecule has 3 heterocycles. The lowest BCUT2D eigenvalue weighted by molar-refractivity contribution is -0.385. The molecule has 1 saturated heterocycles. The normalized spacial score (nSPS) is 27.1. The molecule has 11 nitrogen and oxygen atoms in total. The molecule has 2 aliphatic rings. The van der Waals surface area contributed by atoms with Gasteiger partial charge in [0.25, 0.3) is 5.79 Å². The monoisotopic (exact) mass is 514 g/mol. The molecule has 0 saturated carbocycles. The molecule has 37 heavy (non-hydrogen) atoms. The van der Waals surface area contributed by atoms with E-state index < -0.39 is 43.0 Å². The largest absolute Gasteiger partial charge is 0.493 e. The number of fused-ring (bicyclic) bond motifs is 2. The molecule has 3 aromatic rings. The van der Waals surface area contributed by atoms with E-state index in [-0.39, 0.29) is 5.75 Å². The van der Waals surface area contributed by atoms with Crippen LogP contribution in [-0.4, -0.2) is 80.2 Å². The van der Waals surface area contributed by atoms with Crippen molar-refractivity contribution in [3.05, 3.63) is 52.7 Å². The van der Waals surface area contributed by atoms with Crippen molar-refractivity contribution in [2.24, 2.45) is 0 Å². The number of carbonyl (C=O) groups excluding carboxylic acids is 1. The topological polar surface area (TPSA) is 164 Å². The van der Waals surface area contributed by atoms with Crippen LogP contribution in [0.1, 0.15) is 29.3 Å². The highest BCUT2D eigenvalue weighted by atomic mass is 16.7. The zero-order chi connectivity index (χ0) is 26.3. The van der Waals surface area contributed by atoms with Gasteiger partial charge in [0, 0.05) is 13.3 Å². The van der Waals surface area contributed by atoms with Crippen LogP contribution >= 0.6 is 0 Å². The molecule has 1 aromatic heterocycles.